The number of hydrogen-bond acceptors (Lipinski definition) is 8. The van der Waals surface area contributed by atoms with Crippen molar-refractivity contribution in [3.8, 4) is 22.6 Å². The van der Waals surface area contributed by atoms with Gasteiger partial charge in [0.1, 0.15) is 11.6 Å². The van der Waals surface area contributed by atoms with E-state index in [4.69, 9.17) is 0 Å². The molecule has 0 aliphatic carbocycles. The third-order valence-corrected chi connectivity index (χ3v) is 5.62. The maximum Gasteiger partial charge on any atom is 0.273 e. The van der Waals surface area contributed by atoms with Crippen molar-refractivity contribution in [2.45, 2.75) is 13.5 Å². The molecule has 1 aromatic carbocycles. The Bertz CT molecular complexity index is 1630. The number of aliphatic imine (C=N–C) groups is 1. The van der Waals surface area contributed by atoms with Gasteiger partial charge < -0.3 is 15.6 Å². The van der Waals surface area contributed by atoms with Gasteiger partial charge in [0.25, 0.3) is 5.91 Å². The molecule has 0 fully saturated rings. The van der Waals surface area contributed by atoms with Crippen molar-refractivity contribution in [1.82, 2.24) is 35.2 Å². The van der Waals surface area contributed by atoms with Crippen LogP contribution in [0.2, 0.25) is 0 Å². The van der Waals surface area contributed by atoms with Gasteiger partial charge in [-0.05, 0) is 24.6 Å². The van der Waals surface area contributed by atoms with E-state index in [0.29, 0.717) is 28.7 Å². The quantitative estimate of drug-likeness (QED) is 0.256. The van der Waals surface area contributed by atoms with Crippen molar-refractivity contribution in [2.24, 2.45) is 4.99 Å². The fourth-order valence-corrected chi connectivity index (χ4v) is 3.78. The van der Waals surface area contributed by atoms with E-state index in [1.165, 1.54) is 12.3 Å². The molecule has 194 valence electrons. The van der Waals surface area contributed by atoms with Gasteiger partial charge in [0.15, 0.2) is 23.2 Å². The number of anilines is 2. The van der Waals surface area contributed by atoms with E-state index in [0.717, 1.165) is 16.8 Å². The number of hydrogen-bond donors (Lipinski definition) is 3. The van der Waals surface area contributed by atoms with Crippen LogP contribution < -0.4 is 10.6 Å². The lowest BCUT2D eigenvalue weighted by Gasteiger charge is -2.09. The molecule has 1 amide bonds. The highest BCUT2D eigenvalue weighted by atomic mass is 19.1. The van der Waals surface area contributed by atoms with Crippen molar-refractivity contribution in [2.75, 3.05) is 12.4 Å². The van der Waals surface area contributed by atoms with Crippen molar-refractivity contribution in [1.29, 1.82) is 0 Å². The summed E-state index contributed by atoms with van der Waals surface area (Å²) in [5.74, 6) is 0.438. The third kappa shape index (κ3) is 6.16. The first-order valence-electron chi connectivity index (χ1n) is 12.0. The zero-order valence-corrected chi connectivity index (χ0v) is 21.2. The minimum absolute atomic E-state index is 0.179. The first kappa shape index (κ1) is 25.3. The van der Waals surface area contributed by atoms with Crippen LogP contribution in [0.4, 0.5) is 16.0 Å². The third-order valence-electron chi connectivity index (χ3n) is 5.62. The summed E-state index contributed by atoms with van der Waals surface area (Å²) in [5.41, 5.74) is 3.27. The van der Waals surface area contributed by atoms with Crippen molar-refractivity contribution < 1.29 is 9.18 Å². The molecule has 0 aliphatic rings. The SMILES string of the molecule is C/N=C\c1nc(Nc2cc(C)nc(-c3cnc(C(=O)NCc4ccc(-c5ccccc5)nc4)c(F)c3)n2)c[nH]1. The molecule has 11 heteroatoms. The summed E-state index contributed by atoms with van der Waals surface area (Å²) in [6.07, 6.45) is 6.32. The van der Waals surface area contributed by atoms with Gasteiger partial charge in [0, 0.05) is 55.1 Å². The second kappa shape index (κ2) is 11.4. The Morgan fingerprint density at radius 3 is 2.59 bits per heavy atom. The van der Waals surface area contributed by atoms with Crippen LogP contribution in [-0.4, -0.2) is 49.1 Å². The molecule has 0 saturated carbocycles. The maximum absolute atomic E-state index is 14.9. The van der Waals surface area contributed by atoms with Crippen LogP contribution >= 0.6 is 0 Å². The lowest BCUT2D eigenvalue weighted by atomic mass is 10.1. The second-order valence-corrected chi connectivity index (χ2v) is 8.56. The minimum Gasteiger partial charge on any atom is -0.346 e. The smallest absolute Gasteiger partial charge is 0.273 e. The molecular formula is C28H24FN9O. The van der Waals surface area contributed by atoms with Gasteiger partial charge in [-0.25, -0.2) is 24.3 Å². The van der Waals surface area contributed by atoms with E-state index in [2.05, 4.69) is 45.5 Å². The molecule has 0 spiro atoms. The lowest BCUT2D eigenvalue weighted by Crippen LogP contribution is -2.25. The van der Waals surface area contributed by atoms with Crippen LogP contribution in [0.1, 0.15) is 27.6 Å². The number of nitrogens with zero attached hydrogens (tertiary/aromatic N) is 6. The number of nitrogens with one attached hydrogen (secondary N) is 3. The van der Waals surface area contributed by atoms with Gasteiger partial charge in [0.05, 0.1) is 11.9 Å². The molecule has 0 saturated heterocycles. The normalized spacial score (nSPS) is 11.1. The molecular weight excluding hydrogens is 497 g/mol. The first-order chi connectivity index (χ1) is 19.0. The minimum atomic E-state index is -0.780. The number of benzene rings is 1. The summed E-state index contributed by atoms with van der Waals surface area (Å²) in [6.45, 7) is 1.97. The van der Waals surface area contributed by atoms with Crippen LogP contribution in [0, 0.1) is 12.7 Å². The van der Waals surface area contributed by atoms with Gasteiger partial charge in [0.2, 0.25) is 0 Å². The summed E-state index contributed by atoms with van der Waals surface area (Å²) in [7, 11) is 1.65. The molecule has 4 heterocycles. The number of imidazole rings is 1. The highest BCUT2D eigenvalue weighted by Gasteiger charge is 2.16. The molecule has 4 aromatic heterocycles. The van der Waals surface area contributed by atoms with Gasteiger partial charge in [-0.3, -0.25) is 14.8 Å². The van der Waals surface area contributed by atoms with Crippen LogP contribution in [0.3, 0.4) is 0 Å². The Morgan fingerprint density at radius 2 is 1.85 bits per heavy atom. The highest BCUT2D eigenvalue weighted by Crippen LogP contribution is 2.21. The van der Waals surface area contributed by atoms with E-state index in [9.17, 15) is 9.18 Å². The number of halogens is 1. The number of amides is 1. The second-order valence-electron chi connectivity index (χ2n) is 8.56. The van der Waals surface area contributed by atoms with Crippen molar-refractivity contribution in [3.63, 3.8) is 0 Å². The Labute approximate surface area is 223 Å². The van der Waals surface area contributed by atoms with Crippen LogP contribution in [0.15, 0.2) is 78.2 Å². The Kier molecular flexibility index (Phi) is 7.39. The van der Waals surface area contributed by atoms with E-state index in [-0.39, 0.29) is 18.1 Å². The summed E-state index contributed by atoms with van der Waals surface area (Å²) in [4.78, 5) is 41.2. The van der Waals surface area contributed by atoms with Gasteiger partial charge >= 0.3 is 0 Å². The van der Waals surface area contributed by atoms with Crippen molar-refractivity contribution in [3.05, 3.63) is 102 Å². The Hall–Kier alpha value is -5.32. The summed E-state index contributed by atoms with van der Waals surface area (Å²) in [6, 6.07) is 16.4. The molecule has 3 N–H and O–H groups in total. The molecule has 0 radical (unpaired) electrons. The number of carbonyl (C=O) groups excluding carboxylic acids is 1. The van der Waals surface area contributed by atoms with Gasteiger partial charge in [-0.1, -0.05) is 36.4 Å². The number of aromatic nitrogens is 6. The molecule has 0 bridgehead atoms. The van der Waals surface area contributed by atoms with Gasteiger partial charge in [-0.15, -0.1) is 0 Å². The fraction of sp³-hybridized carbons (Fsp3) is 0.107. The van der Waals surface area contributed by atoms with Crippen molar-refractivity contribution >= 4 is 23.8 Å². The standard InChI is InChI=1S/C28H24FN9O/c1-17-10-23(36-25-16-32-24(37-25)15-30-2)38-27(35-17)20-11-21(29)26(33-14-20)28(39)34-13-18-8-9-22(31-12-18)19-6-4-3-5-7-19/h3-12,14-16H,13H2,1-2H3,(H,32,37)(H,34,39)(H,35,36,38)/b30-15-. The molecule has 10 nitrogen and oxygen atoms in total. The lowest BCUT2D eigenvalue weighted by molar-refractivity contribution is 0.0941. The average molecular weight is 522 g/mol. The molecule has 5 aromatic rings. The van der Waals surface area contributed by atoms with Crippen LogP contribution in [-0.2, 0) is 6.54 Å². The Morgan fingerprint density at radius 1 is 1.00 bits per heavy atom. The number of carbonyl (C=O) groups is 1. The number of H-pyrrole nitrogens is 1. The first-order valence-corrected chi connectivity index (χ1v) is 12.0. The van der Waals surface area contributed by atoms with E-state index < -0.39 is 11.7 Å². The summed E-state index contributed by atoms with van der Waals surface area (Å²) >= 11 is 0. The number of aryl methyl sites for hydroxylation is 1. The monoisotopic (exact) mass is 521 g/mol. The molecule has 0 unspecified atom stereocenters. The predicted octanol–water partition coefficient (Wildman–Crippen LogP) is 4.49. The van der Waals surface area contributed by atoms with E-state index in [1.54, 1.807) is 38.6 Å². The average Bonchev–Trinajstić information content (AvgIpc) is 3.39. The van der Waals surface area contributed by atoms with Gasteiger partial charge in [-0.2, -0.15) is 0 Å². The topological polar surface area (TPSA) is 134 Å². The Balaban J connectivity index is 1.26. The van der Waals surface area contributed by atoms with Crippen LogP contribution in [0.25, 0.3) is 22.6 Å². The largest absolute Gasteiger partial charge is 0.346 e. The zero-order chi connectivity index (χ0) is 27.2. The number of rotatable bonds is 8. The molecule has 39 heavy (non-hydrogen) atoms. The molecule has 0 aliphatic heterocycles. The predicted molar refractivity (Wildman–Crippen MR) is 146 cm³/mol. The summed E-state index contributed by atoms with van der Waals surface area (Å²) in [5, 5.41) is 5.77. The highest BCUT2D eigenvalue weighted by molar-refractivity contribution is 5.92. The van der Waals surface area contributed by atoms with E-state index in [1.807, 2.05) is 42.5 Å². The van der Waals surface area contributed by atoms with Crippen LogP contribution in [0.5, 0.6) is 0 Å². The molecule has 5 rings (SSSR count). The fourth-order valence-electron chi connectivity index (χ4n) is 3.78. The zero-order valence-electron chi connectivity index (χ0n) is 21.2. The number of pyridine rings is 2. The summed E-state index contributed by atoms with van der Waals surface area (Å²) < 4.78 is 14.9. The van der Waals surface area contributed by atoms with E-state index >= 15 is 0 Å². The number of aromatic amines is 1. The molecule has 0 atom stereocenters. The maximum atomic E-state index is 14.9.